The largest absolute Gasteiger partial charge is 0.328 e. The molecule has 4 fully saturated rings. The van der Waals surface area contributed by atoms with Crippen molar-refractivity contribution in [1.82, 2.24) is 10.6 Å². The zero-order valence-electron chi connectivity index (χ0n) is 14.5. The Morgan fingerprint density at radius 1 is 0.750 bits per heavy atom. The van der Waals surface area contributed by atoms with E-state index in [-0.39, 0.29) is 31.3 Å². The molecule has 3 aliphatic carbocycles. The van der Waals surface area contributed by atoms with E-state index in [9.17, 15) is 39.4 Å². The van der Waals surface area contributed by atoms with Crippen molar-refractivity contribution in [2.45, 2.75) is 37.8 Å². The van der Waals surface area contributed by atoms with Crippen LogP contribution >= 0.6 is 0 Å². The predicted octanol–water partition coefficient (Wildman–Crippen LogP) is -0.425. The quantitative estimate of drug-likeness (QED) is 0.275. The van der Waals surface area contributed by atoms with Crippen molar-refractivity contribution in [2.24, 2.45) is 23.7 Å². The first-order chi connectivity index (χ1) is 13.2. The molecule has 3 saturated carbocycles. The molecule has 0 aromatic carbocycles. The molecule has 6 atom stereocenters. The number of hydrogen-bond acceptors (Lipinski definition) is 8. The zero-order valence-corrected chi connectivity index (χ0v) is 14.5. The van der Waals surface area contributed by atoms with Crippen LogP contribution in [0.1, 0.15) is 25.7 Å². The average molecular weight is 392 g/mol. The topological polar surface area (TPSA) is 179 Å². The summed E-state index contributed by atoms with van der Waals surface area (Å²) in [5.74, 6) is -5.41. The van der Waals surface area contributed by atoms with Crippen LogP contribution in [0.25, 0.3) is 0 Å². The maximum Gasteiger partial charge on any atom is 0.328 e. The van der Waals surface area contributed by atoms with Gasteiger partial charge in [-0.3, -0.25) is 45.2 Å². The van der Waals surface area contributed by atoms with E-state index in [1.165, 1.54) is 0 Å². The molecule has 0 spiro atoms. The first-order valence-electron chi connectivity index (χ1n) is 8.94. The Hall–Kier alpha value is -3.18. The first-order valence-corrected chi connectivity index (χ1v) is 8.94. The third-order valence-electron chi connectivity index (χ3n) is 6.50. The van der Waals surface area contributed by atoms with Gasteiger partial charge in [-0.1, -0.05) is 0 Å². The van der Waals surface area contributed by atoms with Gasteiger partial charge in [-0.05, 0) is 24.7 Å². The van der Waals surface area contributed by atoms with Crippen LogP contribution in [0.3, 0.4) is 0 Å². The number of amides is 4. The molecule has 148 valence electrons. The van der Waals surface area contributed by atoms with E-state index in [4.69, 9.17) is 0 Å². The first kappa shape index (κ1) is 18.2. The number of nitrogens with one attached hydrogen (secondary N) is 2. The summed E-state index contributed by atoms with van der Waals surface area (Å²) < 4.78 is 0. The van der Waals surface area contributed by atoms with Crippen LogP contribution in [0.5, 0.6) is 0 Å². The maximum absolute atomic E-state index is 13.1. The van der Waals surface area contributed by atoms with Crippen molar-refractivity contribution in [1.29, 1.82) is 0 Å². The van der Waals surface area contributed by atoms with Crippen LogP contribution in [-0.4, -0.2) is 45.6 Å². The third-order valence-corrected chi connectivity index (χ3v) is 6.50. The molecule has 4 aliphatic rings. The van der Waals surface area contributed by atoms with Gasteiger partial charge in [-0.15, -0.1) is 0 Å². The van der Waals surface area contributed by atoms with Crippen LogP contribution < -0.4 is 10.6 Å². The highest BCUT2D eigenvalue weighted by Gasteiger charge is 2.64. The zero-order chi connectivity index (χ0) is 20.3. The lowest BCUT2D eigenvalue weighted by Crippen LogP contribution is -2.54. The SMILES string of the molecule is O=C1NC(=O)C(=C2C(=O)C3CCC([N+](=O)[O-])C4C3C2CCC4[N+](=O)[O-])C(=O)N1. The van der Waals surface area contributed by atoms with Crippen molar-refractivity contribution in [2.75, 3.05) is 0 Å². The fraction of sp³-hybridized carbons (Fsp3) is 0.625. The molecule has 0 aromatic rings. The number of urea groups is 1. The molecule has 12 heteroatoms. The summed E-state index contributed by atoms with van der Waals surface area (Å²) in [5.41, 5.74) is -0.506. The van der Waals surface area contributed by atoms with Gasteiger partial charge >= 0.3 is 6.03 Å². The Morgan fingerprint density at radius 3 is 1.75 bits per heavy atom. The van der Waals surface area contributed by atoms with Crippen molar-refractivity contribution < 1.29 is 29.0 Å². The summed E-state index contributed by atoms with van der Waals surface area (Å²) in [6.07, 6.45) is 0.390. The number of Topliss-reactive ketones (excluding diaryl/α,β-unsaturated/α-hetero) is 1. The third kappa shape index (κ3) is 2.43. The minimum atomic E-state index is -1.15. The molecule has 1 aliphatic heterocycles. The van der Waals surface area contributed by atoms with Gasteiger partial charge in [0.25, 0.3) is 11.8 Å². The molecular formula is C16H16N4O8. The number of allylic oxidation sites excluding steroid dienone is 1. The van der Waals surface area contributed by atoms with Gasteiger partial charge in [0.1, 0.15) is 5.57 Å². The van der Waals surface area contributed by atoms with E-state index in [1.54, 1.807) is 0 Å². The van der Waals surface area contributed by atoms with Gasteiger partial charge in [0, 0.05) is 34.2 Å². The Balaban J connectivity index is 1.83. The van der Waals surface area contributed by atoms with E-state index in [2.05, 4.69) is 0 Å². The summed E-state index contributed by atoms with van der Waals surface area (Å²) in [6, 6.07) is -3.29. The standard InChI is InChI=1S/C16H16N4O8/c21-13-6-2-4-8(20(27)28)11-7(19(25)26)3-1-5(9(6)11)10(13)12-14(22)17-16(24)18-15(12)23/h5-9,11H,1-4H2,(H2,17,18,22,23,24). The summed E-state index contributed by atoms with van der Waals surface area (Å²) in [5, 5.41) is 26.9. The van der Waals surface area contributed by atoms with Crippen molar-refractivity contribution >= 4 is 23.6 Å². The lowest BCUT2D eigenvalue weighted by Gasteiger charge is -2.41. The predicted molar refractivity (Wildman–Crippen MR) is 87.7 cm³/mol. The number of nitrogens with zero attached hydrogens (tertiary/aromatic N) is 2. The smallest absolute Gasteiger partial charge is 0.294 e. The number of ketones is 1. The lowest BCUT2D eigenvalue weighted by molar-refractivity contribution is -0.586. The highest BCUT2D eigenvalue weighted by molar-refractivity contribution is 6.32. The summed E-state index contributed by atoms with van der Waals surface area (Å²) in [4.78, 5) is 70.9. The molecular weight excluding hydrogens is 376 g/mol. The van der Waals surface area contributed by atoms with E-state index >= 15 is 0 Å². The number of hydrogen-bond donors (Lipinski definition) is 2. The summed E-state index contributed by atoms with van der Waals surface area (Å²) >= 11 is 0. The van der Waals surface area contributed by atoms with Crippen molar-refractivity contribution in [3.05, 3.63) is 31.4 Å². The minimum Gasteiger partial charge on any atom is -0.294 e. The van der Waals surface area contributed by atoms with Gasteiger partial charge < -0.3 is 0 Å². The molecule has 12 nitrogen and oxygen atoms in total. The van der Waals surface area contributed by atoms with E-state index in [0.29, 0.717) is 0 Å². The normalized spacial score (nSPS) is 37.3. The van der Waals surface area contributed by atoms with Gasteiger partial charge in [-0.25, -0.2) is 4.79 Å². The number of rotatable bonds is 2. The summed E-state index contributed by atoms with van der Waals surface area (Å²) in [6.45, 7) is 0. The Kier molecular flexibility index (Phi) is 4.01. The number of carbonyl (C=O) groups is 4. The van der Waals surface area contributed by atoms with E-state index in [1.807, 2.05) is 10.6 Å². The Bertz CT molecular complexity index is 842. The second-order valence-corrected chi connectivity index (χ2v) is 7.62. The van der Waals surface area contributed by atoms with Gasteiger partial charge in [-0.2, -0.15) is 0 Å². The number of imide groups is 2. The number of nitro groups is 2. The molecule has 6 unspecified atom stereocenters. The fourth-order valence-corrected chi connectivity index (χ4v) is 5.59. The monoisotopic (exact) mass is 392 g/mol. The van der Waals surface area contributed by atoms with E-state index in [0.717, 1.165) is 0 Å². The molecule has 1 saturated heterocycles. The molecule has 0 bridgehead atoms. The highest BCUT2D eigenvalue weighted by atomic mass is 16.6. The maximum atomic E-state index is 13.1. The number of carbonyl (C=O) groups excluding carboxylic acids is 4. The molecule has 0 aromatic heterocycles. The second-order valence-electron chi connectivity index (χ2n) is 7.62. The second kappa shape index (κ2) is 6.17. The average Bonchev–Trinajstić information content (AvgIpc) is 2.88. The van der Waals surface area contributed by atoms with Crippen molar-refractivity contribution in [3.8, 4) is 0 Å². The number of barbiturate groups is 1. The van der Waals surface area contributed by atoms with Crippen molar-refractivity contribution in [3.63, 3.8) is 0 Å². The van der Waals surface area contributed by atoms with Crippen LogP contribution in [0.4, 0.5) is 4.79 Å². The molecule has 1 heterocycles. The van der Waals surface area contributed by atoms with Crippen LogP contribution in [0.15, 0.2) is 11.1 Å². The molecule has 28 heavy (non-hydrogen) atoms. The fourth-order valence-electron chi connectivity index (χ4n) is 5.59. The molecule has 0 radical (unpaired) electrons. The Morgan fingerprint density at radius 2 is 1.25 bits per heavy atom. The molecule has 4 amide bonds. The highest BCUT2D eigenvalue weighted by Crippen LogP contribution is 2.56. The van der Waals surface area contributed by atoms with Crippen LogP contribution in [-0.2, 0) is 14.4 Å². The Labute approximate surface area is 157 Å². The molecule has 2 N–H and O–H groups in total. The van der Waals surface area contributed by atoms with Gasteiger partial charge in [0.2, 0.25) is 12.1 Å². The van der Waals surface area contributed by atoms with Crippen LogP contribution in [0, 0.1) is 43.9 Å². The van der Waals surface area contributed by atoms with Gasteiger partial charge in [0.15, 0.2) is 5.78 Å². The molecule has 4 rings (SSSR count). The van der Waals surface area contributed by atoms with Crippen LogP contribution in [0.2, 0.25) is 0 Å². The minimum absolute atomic E-state index is 0.0160. The van der Waals surface area contributed by atoms with E-state index < -0.39 is 74.8 Å². The summed E-state index contributed by atoms with van der Waals surface area (Å²) in [7, 11) is 0. The lowest BCUT2D eigenvalue weighted by atomic mass is 9.60. The van der Waals surface area contributed by atoms with Gasteiger partial charge in [0.05, 0.1) is 5.92 Å².